The van der Waals surface area contributed by atoms with E-state index in [1.165, 1.54) is 12.1 Å². The number of hydrogen-bond acceptors (Lipinski definition) is 3. The maximum absolute atomic E-state index is 13.2. The van der Waals surface area contributed by atoms with Crippen molar-refractivity contribution in [3.8, 4) is 0 Å². The molecular formula is C16H23FN2O3S. The minimum atomic E-state index is -3.07. The molecule has 1 heterocycles. The quantitative estimate of drug-likeness (QED) is 0.897. The lowest BCUT2D eigenvalue weighted by atomic mass is 10.0. The molecule has 1 N–H and O–H groups in total. The minimum absolute atomic E-state index is 0.00524. The van der Waals surface area contributed by atoms with Crippen LogP contribution in [0.15, 0.2) is 18.2 Å². The Hall–Kier alpha value is -1.63. The molecule has 1 unspecified atom stereocenters. The summed E-state index contributed by atoms with van der Waals surface area (Å²) >= 11 is 0. The number of sulfone groups is 1. The predicted octanol–water partition coefficient (Wildman–Crippen LogP) is 2.41. The lowest BCUT2D eigenvalue weighted by Crippen LogP contribution is -2.46. The molecule has 1 aromatic carbocycles. The number of halogens is 1. The van der Waals surface area contributed by atoms with Gasteiger partial charge in [-0.25, -0.2) is 17.6 Å². The number of hydrogen-bond donors (Lipinski definition) is 1. The minimum Gasteiger partial charge on any atom is -0.331 e. The standard InChI is InChI=1S/C16H23FN2O3S/c1-11-10-14(17)4-5-15(11)13(3)18-16(20)19-7-9-23(21,22)8-6-12(19)2/h4-5,10,12-13H,6-9H2,1-3H3,(H,18,20)/t12?,13-/m0/s1. The Morgan fingerprint density at radius 2 is 2.09 bits per heavy atom. The first-order valence-electron chi connectivity index (χ1n) is 7.73. The fraction of sp³-hybridized carbons (Fsp3) is 0.562. The number of nitrogens with zero attached hydrogens (tertiary/aromatic N) is 1. The number of urea groups is 1. The van der Waals surface area contributed by atoms with Gasteiger partial charge in [0, 0.05) is 12.6 Å². The van der Waals surface area contributed by atoms with E-state index in [1.54, 1.807) is 17.9 Å². The molecule has 2 rings (SSSR count). The van der Waals surface area contributed by atoms with Crippen LogP contribution in [0.3, 0.4) is 0 Å². The Kier molecular flexibility index (Phi) is 5.29. The van der Waals surface area contributed by atoms with Crippen LogP contribution in [-0.2, 0) is 9.84 Å². The zero-order valence-electron chi connectivity index (χ0n) is 13.7. The third-order valence-electron chi connectivity index (χ3n) is 4.32. The van der Waals surface area contributed by atoms with Crippen LogP contribution < -0.4 is 5.32 Å². The number of amides is 2. The van der Waals surface area contributed by atoms with Crippen molar-refractivity contribution in [1.82, 2.24) is 10.2 Å². The molecule has 2 amide bonds. The third-order valence-corrected chi connectivity index (χ3v) is 5.98. The molecule has 1 aromatic rings. The summed E-state index contributed by atoms with van der Waals surface area (Å²) in [5, 5.41) is 2.88. The monoisotopic (exact) mass is 342 g/mol. The van der Waals surface area contributed by atoms with Crippen molar-refractivity contribution in [3.63, 3.8) is 0 Å². The summed E-state index contributed by atoms with van der Waals surface area (Å²) in [6.07, 6.45) is 0.444. The zero-order valence-corrected chi connectivity index (χ0v) is 14.5. The molecular weight excluding hydrogens is 319 g/mol. The van der Waals surface area contributed by atoms with E-state index in [0.717, 1.165) is 11.1 Å². The Bertz CT molecular complexity index is 691. The van der Waals surface area contributed by atoms with Crippen LogP contribution in [-0.4, -0.2) is 43.4 Å². The molecule has 7 heteroatoms. The lowest BCUT2D eigenvalue weighted by molar-refractivity contribution is 0.180. The summed E-state index contributed by atoms with van der Waals surface area (Å²) in [6, 6.07) is 3.76. The van der Waals surface area contributed by atoms with Crippen LogP contribution >= 0.6 is 0 Å². The summed E-state index contributed by atoms with van der Waals surface area (Å²) in [4.78, 5) is 14.0. The Morgan fingerprint density at radius 3 is 2.74 bits per heavy atom. The van der Waals surface area contributed by atoms with Crippen molar-refractivity contribution in [2.75, 3.05) is 18.1 Å². The summed E-state index contributed by atoms with van der Waals surface area (Å²) in [6.45, 7) is 5.68. The maximum atomic E-state index is 13.2. The highest BCUT2D eigenvalue weighted by molar-refractivity contribution is 7.91. The van der Waals surface area contributed by atoms with Crippen LogP contribution in [0.5, 0.6) is 0 Å². The zero-order chi connectivity index (χ0) is 17.2. The van der Waals surface area contributed by atoms with Gasteiger partial charge >= 0.3 is 6.03 Å². The Morgan fingerprint density at radius 1 is 1.39 bits per heavy atom. The first kappa shape index (κ1) is 17.7. The number of carbonyl (C=O) groups excluding carboxylic acids is 1. The van der Waals surface area contributed by atoms with Crippen molar-refractivity contribution in [3.05, 3.63) is 35.1 Å². The molecule has 1 fully saturated rings. The van der Waals surface area contributed by atoms with E-state index >= 15 is 0 Å². The average molecular weight is 342 g/mol. The SMILES string of the molecule is Cc1cc(F)ccc1[C@H](C)NC(=O)N1CCS(=O)(=O)CCC1C. The maximum Gasteiger partial charge on any atom is 0.318 e. The number of nitrogens with one attached hydrogen (secondary N) is 1. The molecule has 1 saturated heterocycles. The van der Waals surface area contributed by atoms with E-state index < -0.39 is 9.84 Å². The van der Waals surface area contributed by atoms with Crippen molar-refractivity contribution >= 4 is 15.9 Å². The van der Waals surface area contributed by atoms with Gasteiger partial charge in [-0.3, -0.25) is 0 Å². The summed E-state index contributed by atoms with van der Waals surface area (Å²) in [5.41, 5.74) is 1.61. The largest absolute Gasteiger partial charge is 0.331 e. The van der Waals surface area contributed by atoms with Crippen LogP contribution in [0.1, 0.15) is 37.4 Å². The first-order chi connectivity index (χ1) is 10.7. The molecule has 1 aliphatic heterocycles. The van der Waals surface area contributed by atoms with E-state index in [2.05, 4.69) is 5.32 Å². The van der Waals surface area contributed by atoms with Crippen molar-refractivity contribution in [2.45, 2.75) is 39.3 Å². The number of benzene rings is 1. The van der Waals surface area contributed by atoms with Gasteiger partial charge in [-0.1, -0.05) is 6.07 Å². The van der Waals surface area contributed by atoms with Gasteiger partial charge in [0.1, 0.15) is 5.82 Å². The van der Waals surface area contributed by atoms with E-state index in [9.17, 15) is 17.6 Å². The van der Waals surface area contributed by atoms with Crippen molar-refractivity contribution < 1.29 is 17.6 Å². The van der Waals surface area contributed by atoms with Crippen LogP contribution in [0.2, 0.25) is 0 Å². The summed E-state index contributed by atoms with van der Waals surface area (Å²) < 4.78 is 36.6. The van der Waals surface area contributed by atoms with Gasteiger partial charge in [0.2, 0.25) is 0 Å². The van der Waals surface area contributed by atoms with E-state index in [1.807, 2.05) is 13.8 Å². The number of carbonyl (C=O) groups is 1. The highest BCUT2D eigenvalue weighted by atomic mass is 32.2. The smallest absolute Gasteiger partial charge is 0.318 e. The Balaban J connectivity index is 2.08. The van der Waals surface area contributed by atoms with Crippen molar-refractivity contribution in [2.24, 2.45) is 0 Å². The Labute approximate surface area is 136 Å². The lowest BCUT2D eigenvalue weighted by Gasteiger charge is -2.29. The van der Waals surface area contributed by atoms with Crippen LogP contribution in [0, 0.1) is 12.7 Å². The van der Waals surface area contributed by atoms with Gasteiger partial charge in [-0.05, 0) is 50.5 Å². The topological polar surface area (TPSA) is 66.5 Å². The van der Waals surface area contributed by atoms with Gasteiger partial charge in [-0.15, -0.1) is 0 Å². The molecule has 0 radical (unpaired) electrons. The molecule has 0 aromatic heterocycles. The van der Waals surface area contributed by atoms with Gasteiger partial charge in [0.05, 0.1) is 17.5 Å². The van der Waals surface area contributed by atoms with Gasteiger partial charge in [0.25, 0.3) is 0 Å². The van der Waals surface area contributed by atoms with Crippen LogP contribution in [0.4, 0.5) is 9.18 Å². The fourth-order valence-electron chi connectivity index (χ4n) is 2.84. The summed E-state index contributed by atoms with van der Waals surface area (Å²) in [5.74, 6) is -0.199. The van der Waals surface area contributed by atoms with Gasteiger partial charge in [-0.2, -0.15) is 0 Å². The van der Waals surface area contributed by atoms with E-state index in [-0.39, 0.29) is 42.0 Å². The van der Waals surface area contributed by atoms with E-state index in [0.29, 0.717) is 6.42 Å². The van der Waals surface area contributed by atoms with E-state index in [4.69, 9.17) is 0 Å². The van der Waals surface area contributed by atoms with Gasteiger partial charge < -0.3 is 10.2 Å². The normalized spacial score (nSPS) is 22.3. The molecule has 128 valence electrons. The molecule has 0 spiro atoms. The highest BCUT2D eigenvalue weighted by Crippen LogP contribution is 2.19. The second-order valence-electron chi connectivity index (χ2n) is 6.15. The van der Waals surface area contributed by atoms with Gasteiger partial charge in [0.15, 0.2) is 9.84 Å². The molecule has 0 bridgehead atoms. The third kappa shape index (κ3) is 4.43. The predicted molar refractivity (Wildman–Crippen MR) is 87.5 cm³/mol. The highest BCUT2D eigenvalue weighted by Gasteiger charge is 2.28. The second kappa shape index (κ2) is 6.86. The van der Waals surface area contributed by atoms with Crippen molar-refractivity contribution in [1.29, 1.82) is 0 Å². The second-order valence-corrected chi connectivity index (χ2v) is 8.46. The summed E-state index contributed by atoms with van der Waals surface area (Å²) in [7, 11) is -3.07. The molecule has 0 aliphatic carbocycles. The molecule has 23 heavy (non-hydrogen) atoms. The molecule has 5 nitrogen and oxygen atoms in total. The average Bonchev–Trinajstić information content (AvgIpc) is 2.57. The molecule has 2 atom stereocenters. The van der Waals surface area contributed by atoms with Crippen LogP contribution in [0.25, 0.3) is 0 Å². The number of rotatable bonds is 2. The molecule has 1 aliphatic rings. The first-order valence-corrected chi connectivity index (χ1v) is 9.55. The fourth-order valence-corrected chi connectivity index (χ4v) is 4.22. The molecule has 0 saturated carbocycles. The number of aryl methyl sites for hydroxylation is 1.